The van der Waals surface area contributed by atoms with Crippen molar-refractivity contribution in [3.05, 3.63) is 11.6 Å². The Hall–Kier alpha value is -0.910. The molecule has 2 atom stereocenters. The number of cyclic esters (lactones) is 1. The fourth-order valence-corrected chi connectivity index (χ4v) is 3.24. The summed E-state index contributed by atoms with van der Waals surface area (Å²) in [6.45, 7) is 5.19. The molecule has 0 aromatic heterocycles. The van der Waals surface area contributed by atoms with Gasteiger partial charge in [0.15, 0.2) is 0 Å². The molecule has 5 nitrogen and oxygen atoms in total. The van der Waals surface area contributed by atoms with Crippen LogP contribution in [-0.2, 0) is 9.53 Å². The standard InChI is InChI=1S/C20H38N2O3/c1-3-4-5-6-7-8-9-10-11-13-17(2)22(21)15-12-14-18-16-19(23)25-20(18)24/h16-17,20,24H,3-15,21H2,1-2H3. The van der Waals surface area contributed by atoms with Gasteiger partial charge in [-0.25, -0.2) is 9.80 Å². The van der Waals surface area contributed by atoms with Crippen LogP contribution >= 0.6 is 0 Å². The smallest absolute Gasteiger partial charge is 0.333 e. The van der Waals surface area contributed by atoms with Crippen LogP contribution in [0.2, 0.25) is 0 Å². The largest absolute Gasteiger partial charge is 0.429 e. The normalized spacial score (nSPS) is 18.5. The number of rotatable bonds is 15. The molecular formula is C20H38N2O3. The van der Waals surface area contributed by atoms with Crippen molar-refractivity contribution in [2.45, 2.75) is 103 Å². The number of carbonyl (C=O) groups excluding carboxylic acids is 1. The lowest BCUT2D eigenvalue weighted by atomic mass is 10.0. The lowest BCUT2D eigenvalue weighted by Crippen LogP contribution is -2.40. The van der Waals surface area contributed by atoms with Gasteiger partial charge in [-0.3, -0.25) is 5.84 Å². The number of hydrogen-bond donors (Lipinski definition) is 2. The van der Waals surface area contributed by atoms with Crippen molar-refractivity contribution in [3.63, 3.8) is 0 Å². The number of carbonyl (C=O) groups is 1. The number of aliphatic hydroxyl groups is 1. The zero-order valence-electron chi connectivity index (χ0n) is 16.2. The van der Waals surface area contributed by atoms with Gasteiger partial charge < -0.3 is 9.84 Å². The van der Waals surface area contributed by atoms with E-state index in [9.17, 15) is 9.90 Å². The van der Waals surface area contributed by atoms with Gasteiger partial charge in [0.2, 0.25) is 6.29 Å². The molecule has 3 N–H and O–H groups in total. The van der Waals surface area contributed by atoms with Gasteiger partial charge in [-0.15, -0.1) is 0 Å². The van der Waals surface area contributed by atoms with Gasteiger partial charge in [0.25, 0.3) is 0 Å². The van der Waals surface area contributed by atoms with Crippen molar-refractivity contribution < 1.29 is 14.6 Å². The van der Waals surface area contributed by atoms with Crippen LogP contribution in [0.25, 0.3) is 0 Å². The van der Waals surface area contributed by atoms with E-state index < -0.39 is 12.3 Å². The average Bonchev–Trinajstić information content (AvgIpc) is 2.90. The summed E-state index contributed by atoms with van der Waals surface area (Å²) in [5.41, 5.74) is 0.657. The van der Waals surface area contributed by atoms with Gasteiger partial charge in [0, 0.05) is 24.2 Å². The van der Waals surface area contributed by atoms with Crippen molar-refractivity contribution in [1.29, 1.82) is 0 Å². The molecule has 0 saturated heterocycles. The van der Waals surface area contributed by atoms with Crippen molar-refractivity contribution in [2.75, 3.05) is 6.54 Å². The summed E-state index contributed by atoms with van der Waals surface area (Å²) in [4.78, 5) is 11.0. The second-order valence-corrected chi connectivity index (χ2v) is 7.32. The Morgan fingerprint density at radius 1 is 1.12 bits per heavy atom. The molecule has 1 aliphatic heterocycles. The number of nitrogens with two attached hydrogens (primary N) is 1. The fourth-order valence-electron chi connectivity index (χ4n) is 3.24. The second-order valence-electron chi connectivity index (χ2n) is 7.32. The molecule has 0 fully saturated rings. The topological polar surface area (TPSA) is 75.8 Å². The average molecular weight is 355 g/mol. The fraction of sp³-hybridized carbons (Fsp3) is 0.850. The van der Waals surface area contributed by atoms with E-state index in [0.29, 0.717) is 18.0 Å². The third-order valence-corrected chi connectivity index (χ3v) is 5.02. The highest BCUT2D eigenvalue weighted by molar-refractivity contribution is 5.85. The molecule has 1 aliphatic rings. The summed E-state index contributed by atoms with van der Waals surface area (Å²) in [6, 6.07) is 0.366. The van der Waals surface area contributed by atoms with Gasteiger partial charge >= 0.3 is 5.97 Å². The monoisotopic (exact) mass is 354 g/mol. The van der Waals surface area contributed by atoms with Gasteiger partial charge in [0.05, 0.1) is 0 Å². The predicted molar refractivity (Wildman–Crippen MR) is 102 cm³/mol. The van der Waals surface area contributed by atoms with Crippen LogP contribution in [0.15, 0.2) is 11.6 Å². The maximum atomic E-state index is 11.0. The molecule has 0 bridgehead atoms. The van der Waals surface area contributed by atoms with Crippen LogP contribution in [0.5, 0.6) is 0 Å². The minimum absolute atomic E-state index is 0.366. The van der Waals surface area contributed by atoms with E-state index in [1.807, 2.05) is 5.01 Å². The molecule has 0 aromatic carbocycles. The first-order chi connectivity index (χ1) is 12.0. The number of aliphatic hydroxyl groups excluding tert-OH is 1. The first-order valence-corrected chi connectivity index (χ1v) is 10.1. The summed E-state index contributed by atoms with van der Waals surface area (Å²) in [5.74, 6) is 5.67. The SMILES string of the molecule is CCCCCCCCCCCC(C)N(N)CCCC1=CC(=O)OC1O. The van der Waals surface area contributed by atoms with Crippen LogP contribution < -0.4 is 5.84 Å². The number of hydrogen-bond acceptors (Lipinski definition) is 5. The number of hydrazine groups is 1. The highest BCUT2D eigenvalue weighted by Gasteiger charge is 2.23. The van der Waals surface area contributed by atoms with Crippen LogP contribution in [-0.4, -0.2) is 35.0 Å². The molecule has 1 rings (SSSR count). The zero-order valence-corrected chi connectivity index (χ0v) is 16.2. The molecule has 0 spiro atoms. The summed E-state index contributed by atoms with van der Waals surface area (Å²) >= 11 is 0. The van der Waals surface area contributed by atoms with Crippen molar-refractivity contribution in [1.82, 2.24) is 5.01 Å². The van der Waals surface area contributed by atoms with Gasteiger partial charge in [0.1, 0.15) is 0 Å². The molecular weight excluding hydrogens is 316 g/mol. The van der Waals surface area contributed by atoms with Crippen molar-refractivity contribution in [3.8, 4) is 0 Å². The van der Waals surface area contributed by atoms with E-state index in [1.165, 1.54) is 63.9 Å². The summed E-state index contributed by atoms with van der Waals surface area (Å²) < 4.78 is 4.67. The molecule has 5 heteroatoms. The van der Waals surface area contributed by atoms with Crippen LogP contribution in [0.3, 0.4) is 0 Å². The Kier molecular flexibility index (Phi) is 11.8. The molecule has 2 unspecified atom stereocenters. The Morgan fingerprint density at radius 2 is 1.72 bits per heavy atom. The van der Waals surface area contributed by atoms with Gasteiger partial charge in [-0.1, -0.05) is 64.7 Å². The van der Waals surface area contributed by atoms with Gasteiger partial charge in [-0.05, 0) is 26.2 Å². The Labute approximate surface area is 153 Å². The first-order valence-electron chi connectivity index (χ1n) is 10.1. The number of unbranched alkanes of at least 4 members (excludes halogenated alkanes) is 8. The summed E-state index contributed by atoms with van der Waals surface area (Å²) in [5, 5.41) is 11.4. The minimum atomic E-state index is -1.06. The van der Waals surface area contributed by atoms with Crippen LogP contribution in [0.1, 0.15) is 90.9 Å². The first kappa shape index (κ1) is 22.1. The third-order valence-electron chi connectivity index (χ3n) is 5.02. The molecule has 0 aliphatic carbocycles. The molecule has 25 heavy (non-hydrogen) atoms. The quantitative estimate of drug-likeness (QED) is 0.201. The van der Waals surface area contributed by atoms with Crippen LogP contribution in [0.4, 0.5) is 0 Å². The maximum absolute atomic E-state index is 11.0. The molecule has 0 saturated carbocycles. The Balaban J connectivity index is 1.98. The molecule has 146 valence electrons. The molecule has 0 aromatic rings. The summed E-state index contributed by atoms with van der Waals surface area (Å²) in [6.07, 6.45) is 15.0. The third kappa shape index (κ3) is 9.97. The van der Waals surface area contributed by atoms with E-state index in [4.69, 9.17) is 5.84 Å². The molecule has 1 heterocycles. The van der Waals surface area contributed by atoms with Crippen molar-refractivity contribution >= 4 is 5.97 Å². The van der Waals surface area contributed by atoms with E-state index in [0.717, 1.165) is 19.4 Å². The zero-order chi connectivity index (χ0) is 18.5. The maximum Gasteiger partial charge on any atom is 0.333 e. The number of nitrogens with zero attached hydrogens (tertiary/aromatic N) is 1. The lowest BCUT2D eigenvalue weighted by molar-refractivity contribution is -0.151. The Morgan fingerprint density at radius 3 is 2.28 bits per heavy atom. The van der Waals surface area contributed by atoms with E-state index >= 15 is 0 Å². The van der Waals surface area contributed by atoms with E-state index in [-0.39, 0.29) is 0 Å². The van der Waals surface area contributed by atoms with E-state index in [2.05, 4.69) is 18.6 Å². The van der Waals surface area contributed by atoms with Gasteiger partial charge in [-0.2, -0.15) is 0 Å². The highest BCUT2D eigenvalue weighted by Crippen LogP contribution is 2.19. The Bertz CT molecular complexity index is 398. The number of ether oxygens (including phenoxy) is 1. The second kappa shape index (κ2) is 13.3. The number of esters is 1. The van der Waals surface area contributed by atoms with E-state index in [1.54, 1.807) is 0 Å². The predicted octanol–water partition coefficient (Wildman–Crippen LogP) is 4.05. The lowest BCUT2D eigenvalue weighted by Gasteiger charge is -2.24. The summed E-state index contributed by atoms with van der Waals surface area (Å²) in [7, 11) is 0. The van der Waals surface area contributed by atoms with Crippen molar-refractivity contribution in [2.24, 2.45) is 5.84 Å². The molecule has 0 amide bonds. The molecule has 0 radical (unpaired) electrons. The highest BCUT2D eigenvalue weighted by atomic mass is 16.6. The van der Waals surface area contributed by atoms with Crippen LogP contribution in [0, 0.1) is 0 Å². The minimum Gasteiger partial charge on any atom is -0.429 e.